The summed E-state index contributed by atoms with van der Waals surface area (Å²) >= 11 is 2.16. The Morgan fingerprint density at radius 2 is 2.04 bits per heavy atom. The molecule has 0 atom stereocenters. The van der Waals surface area contributed by atoms with Gasteiger partial charge in [0.1, 0.15) is 11.4 Å². The number of nitrogens with one attached hydrogen (secondary N) is 2. The van der Waals surface area contributed by atoms with Crippen LogP contribution in [0.1, 0.15) is 33.3 Å². The van der Waals surface area contributed by atoms with Crippen LogP contribution in [0, 0.1) is 3.57 Å². The van der Waals surface area contributed by atoms with E-state index in [4.69, 9.17) is 9.47 Å². The lowest BCUT2D eigenvalue weighted by atomic mass is 10.2. The molecule has 0 radical (unpaired) electrons. The van der Waals surface area contributed by atoms with E-state index < -0.39 is 11.7 Å². The minimum Gasteiger partial charge on any atom is -0.463 e. The zero-order chi connectivity index (χ0) is 18.9. The van der Waals surface area contributed by atoms with Crippen LogP contribution >= 0.6 is 22.6 Å². The van der Waals surface area contributed by atoms with E-state index in [9.17, 15) is 9.59 Å². The molecule has 138 valence electrons. The number of halogens is 1. The molecule has 0 aliphatic rings. The van der Waals surface area contributed by atoms with E-state index in [-0.39, 0.29) is 5.97 Å². The number of esters is 1. The molecule has 25 heavy (non-hydrogen) atoms. The standard InChI is InChI=1S/C17H24IN3O4/c1-5-24-14(22)7-6-12-10-13(18)15(21-11-12)19-8-9-20-16(23)25-17(2,3)4/h6-7,10-11H,5,8-9H2,1-4H3,(H,19,21)(H,20,23)/b7-6+. The van der Waals surface area contributed by atoms with E-state index >= 15 is 0 Å². The summed E-state index contributed by atoms with van der Waals surface area (Å²) < 4.78 is 10.9. The van der Waals surface area contributed by atoms with Crippen molar-refractivity contribution < 1.29 is 19.1 Å². The molecule has 8 heteroatoms. The van der Waals surface area contributed by atoms with Crippen molar-refractivity contribution in [3.05, 3.63) is 27.5 Å². The van der Waals surface area contributed by atoms with Gasteiger partial charge in [-0.2, -0.15) is 0 Å². The fraction of sp³-hybridized carbons (Fsp3) is 0.471. The minimum atomic E-state index is -0.513. The molecule has 0 unspecified atom stereocenters. The molecule has 0 aromatic carbocycles. The number of pyridine rings is 1. The third-order valence-electron chi connectivity index (χ3n) is 2.65. The fourth-order valence-corrected chi connectivity index (χ4v) is 2.38. The van der Waals surface area contributed by atoms with Gasteiger partial charge in [0.25, 0.3) is 0 Å². The third kappa shape index (κ3) is 9.28. The first-order chi connectivity index (χ1) is 11.7. The van der Waals surface area contributed by atoms with E-state index in [1.807, 2.05) is 26.8 Å². The van der Waals surface area contributed by atoms with Crippen LogP contribution in [0.5, 0.6) is 0 Å². The molecule has 0 fully saturated rings. The first kappa shape index (κ1) is 21.2. The highest BCUT2D eigenvalue weighted by atomic mass is 127. The number of hydrogen-bond acceptors (Lipinski definition) is 6. The van der Waals surface area contributed by atoms with Gasteiger partial charge in [0.15, 0.2) is 0 Å². The number of amides is 1. The SMILES string of the molecule is CCOC(=O)/C=C/c1cnc(NCCNC(=O)OC(C)(C)C)c(I)c1. The number of carbonyl (C=O) groups excluding carboxylic acids is 2. The quantitative estimate of drug-likeness (QED) is 0.281. The van der Waals surface area contributed by atoms with Gasteiger partial charge in [-0.3, -0.25) is 0 Å². The molecular formula is C17H24IN3O4. The Morgan fingerprint density at radius 3 is 2.64 bits per heavy atom. The second-order valence-electron chi connectivity index (χ2n) is 6.04. The van der Waals surface area contributed by atoms with Crippen molar-refractivity contribution in [1.82, 2.24) is 10.3 Å². The van der Waals surface area contributed by atoms with Crippen LogP contribution in [-0.4, -0.2) is 42.3 Å². The first-order valence-corrected chi connectivity index (χ1v) is 9.00. The maximum Gasteiger partial charge on any atom is 0.407 e. The Labute approximate surface area is 161 Å². The van der Waals surface area contributed by atoms with E-state index in [2.05, 4.69) is 38.2 Å². The number of rotatable bonds is 7. The maximum atomic E-state index is 11.5. The molecule has 0 spiro atoms. The monoisotopic (exact) mass is 461 g/mol. The molecule has 1 aromatic rings. The van der Waals surface area contributed by atoms with E-state index in [1.54, 1.807) is 19.2 Å². The number of carbonyl (C=O) groups is 2. The van der Waals surface area contributed by atoms with Gasteiger partial charge in [-0.1, -0.05) is 0 Å². The van der Waals surface area contributed by atoms with Crippen LogP contribution in [0.4, 0.5) is 10.6 Å². The molecule has 1 rings (SSSR count). The van der Waals surface area contributed by atoms with Gasteiger partial charge < -0.3 is 20.1 Å². The highest BCUT2D eigenvalue weighted by molar-refractivity contribution is 14.1. The summed E-state index contributed by atoms with van der Waals surface area (Å²) in [5, 5.41) is 5.81. The normalized spacial score (nSPS) is 11.2. The van der Waals surface area contributed by atoms with Crippen LogP contribution in [0.3, 0.4) is 0 Å². The van der Waals surface area contributed by atoms with Gasteiger partial charge in [0.05, 0.1) is 10.2 Å². The summed E-state index contributed by atoms with van der Waals surface area (Å²) in [6.07, 6.45) is 4.23. The van der Waals surface area contributed by atoms with Gasteiger partial charge in [0, 0.05) is 25.4 Å². The summed E-state index contributed by atoms with van der Waals surface area (Å²) in [6, 6.07) is 1.90. The van der Waals surface area contributed by atoms with Crippen molar-refractivity contribution in [3.63, 3.8) is 0 Å². The Balaban J connectivity index is 2.45. The van der Waals surface area contributed by atoms with E-state index in [0.717, 1.165) is 9.13 Å². The minimum absolute atomic E-state index is 0.346. The second-order valence-corrected chi connectivity index (χ2v) is 7.20. The van der Waals surface area contributed by atoms with Crippen molar-refractivity contribution in [2.75, 3.05) is 25.0 Å². The average Bonchev–Trinajstić information content (AvgIpc) is 2.49. The molecule has 0 saturated heterocycles. The number of alkyl carbamates (subject to hydrolysis) is 1. The Morgan fingerprint density at radius 1 is 1.32 bits per heavy atom. The smallest absolute Gasteiger partial charge is 0.407 e. The van der Waals surface area contributed by atoms with E-state index in [1.165, 1.54) is 6.08 Å². The second kappa shape index (κ2) is 10.2. The zero-order valence-corrected chi connectivity index (χ0v) is 17.0. The summed E-state index contributed by atoms with van der Waals surface area (Å²) in [4.78, 5) is 27.1. The van der Waals surface area contributed by atoms with Crippen molar-refractivity contribution in [1.29, 1.82) is 0 Å². The summed E-state index contributed by atoms with van der Waals surface area (Å²) in [7, 11) is 0. The molecule has 0 aliphatic heterocycles. The van der Waals surface area contributed by atoms with Crippen molar-refractivity contribution in [3.8, 4) is 0 Å². The molecule has 1 heterocycles. The van der Waals surface area contributed by atoms with Crippen LogP contribution < -0.4 is 10.6 Å². The highest BCUT2D eigenvalue weighted by Crippen LogP contribution is 2.17. The van der Waals surface area contributed by atoms with E-state index in [0.29, 0.717) is 25.5 Å². The number of ether oxygens (including phenoxy) is 2. The molecule has 0 saturated carbocycles. The van der Waals surface area contributed by atoms with Crippen molar-refractivity contribution >= 4 is 46.5 Å². The molecule has 0 aliphatic carbocycles. The van der Waals surface area contributed by atoms with Crippen molar-refractivity contribution in [2.24, 2.45) is 0 Å². The Bertz CT molecular complexity index is 627. The fourth-order valence-electron chi connectivity index (χ4n) is 1.69. The lowest BCUT2D eigenvalue weighted by Gasteiger charge is -2.19. The Kier molecular flexibility index (Phi) is 8.67. The summed E-state index contributed by atoms with van der Waals surface area (Å²) in [6.45, 7) is 8.48. The Hall–Kier alpha value is -1.84. The van der Waals surface area contributed by atoms with Gasteiger partial charge in [-0.15, -0.1) is 0 Å². The zero-order valence-electron chi connectivity index (χ0n) is 14.9. The molecule has 7 nitrogen and oxygen atoms in total. The topological polar surface area (TPSA) is 89.5 Å². The first-order valence-electron chi connectivity index (χ1n) is 7.92. The largest absolute Gasteiger partial charge is 0.463 e. The summed E-state index contributed by atoms with van der Waals surface area (Å²) in [5.74, 6) is 0.327. The number of anilines is 1. The molecular weight excluding hydrogens is 437 g/mol. The lowest BCUT2D eigenvalue weighted by molar-refractivity contribution is -0.137. The summed E-state index contributed by atoms with van der Waals surface area (Å²) in [5.41, 5.74) is 0.288. The number of nitrogens with zero attached hydrogens (tertiary/aromatic N) is 1. The van der Waals surface area contributed by atoms with Crippen LogP contribution in [0.2, 0.25) is 0 Å². The van der Waals surface area contributed by atoms with Crippen LogP contribution in [-0.2, 0) is 14.3 Å². The average molecular weight is 461 g/mol. The van der Waals surface area contributed by atoms with Crippen molar-refractivity contribution in [2.45, 2.75) is 33.3 Å². The lowest BCUT2D eigenvalue weighted by Crippen LogP contribution is -2.35. The van der Waals surface area contributed by atoms with Gasteiger partial charge >= 0.3 is 12.1 Å². The number of aromatic nitrogens is 1. The van der Waals surface area contributed by atoms with Crippen LogP contribution in [0.25, 0.3) is 6.08 Å². The van der Waals surface area contributed by atoms with Gasteiger partial charge in [-0.05, 0) is 68.0 Å². The van der Waals surface area contributed by atoms with Crippen LogP contribution in [0.15, 0.2) is 18.3 Å². The molecule has 0 bridgehead atoms. The third-order valence-corrected chi connectivity index (χ3v) is 3.47. The molecule has 1 aromatic heterocycles. The predicted octanol–water partition coefficient (Wildman–Crippen LogP) is 3.20. The predicted molar refractivity (Wildman–Crippen MR) is 105 cm³/mol. The molecule has 2 N–H and O–H groups in total. The van der Waals surface area contributed by atoms with Gasteiger partial charge in [0.2, 0.25) is 0 Å². The number of hydrogen-bond donors (Lipinski definition) is 2. The maximum absolute atomic E-state index is 11.5. The highest BCUT2D eigenvalue weighted by Gasteiger charge is 2.15. The molecule has 1 amide bonds. The van der Waals surface area contributed by atoms with Gasteiger partial charge in [-0.25, -0.2) is 14.6 Å².